The highest BCUT2D eigenvalue weighted by molar-refractivity contribution is 6.36. The molecule has 110 valence electrons. The molecule has 2 aromatic rings. The summed E-state index contributed by atoms with van der Waals surface area (Å²) in [4.78, 5) is 17.7. The van der Waals surface area contributed by atoms with Gasteiger partial charge >= 0.3 is 0 Å². The summed E-state index contributed by atoms with van der Waals surface area (Å²) in [5.74, 6) is 0.711. The number of H-pyrrole nitrogens is 1. The molecule has 0 unspecified atom stereocenters. The number of carbonyl (C=O) groups is 1. The third-order valence-corrected chi connectivity index (χ3v) is 4.03. The minimum atomic E-state index is -0.120. The lowest BCUT2D eigenvalue weighted by Gasteiger charge is -2.32. The van der Waals surface area contributed by atoms with E-state index in [0.717, 1.165) is 37.1 Å². The molecule has 0 radical (unpaired) electrons. The molecule has 0 atom stereocenters. The molecule has 0 aromatic carbocycles. The third-order valence-electron chi connectivity index (χ3n) is 3.72. The quantitative estimate of drug-likeness (QED) is 0.849. The van der Waals surface area contributed by atoms with Crippen molar-refractivity contribution in [3.63, 3.8) is 0 Å². The normalized spacial score (nSPS) is 16.1. The average molecular weight is 306 g/mol. The first kappa shape index (κ1) is 13.9. The fourth-order valence-electron chi connectivity index (χ4n) is 2.62. The fraction of sp³-hybridized carbons (Fsp3) is 0.357. The van der Waals surface area contributed by atoms with Crippen molar-refractivity contribution in [1.29, 1.82) is 0 Å². The third kappa shape index (κ3) is 2.71. The van der Waals surface area contributed by atoms with Gasteiger partial charge in [-0.15, -0.1) is 0 Å². The monoisotopic (exact) mass is 305 g/mol. The van der Waals surface area contributed by atoms with E-state index in [0.29, 0.717) is 10.7 Å². The Kier molecular flexibility index (Phi) is 3.79. The van der Waals surface area contributed by atoms with Crippen LogP contribution in [-0.4, -0.2) is 40.2 Å². The van der Waals surface area contributed by atoms with Gasteiger partial charge in [0.15, 0.2) is 11.5 Å². The predicted octanol–water partition coefficient (Wildman–Crippen LogP) is 1.88. The highest BCUT2D eigenvalue weighted by atomic mass is 35.5. The van der Waals surface area contributed by atoms with Crippen molar-refractivity contribution in [2.75, 3.05) is 18.0 Å². The van der Waals surface area contributed by atoms with Crippen LogP contribution in [0.4, 0.5) is 5.82 Å². The van der Waals surface area contributed by atoms with Gasteiger partial charge in [-0.05, 0) is 25.0 Å². The van der Waals surface area contributed by atoms with Gasteiger partial charge in [0.2, 0.25) is 5.91 Å². The molecule has 1 amide bonds. The molecule has 2 N–H and O–H groups in total. The molecule has 1 aliphatic heterocycles. The molecule has 7 heteroatoms. The Hall–Kier alpha value is -2.08. The van der Waals surface area contributed by atoms with E-state index in [9.17, 15) is 4.79 Å². The van der Waals surface area contributed by atoms with E-state index < -0.39 is 0 Å². The van der Waals surface area contributed by atoms with Crippen molar-refractivity contribution < 1.29 is 4.79 Å². The van der Waals surface area contributed by atoms with E-state index in [-0.39, 0.29) is 11.9 Å². The zero-order valence-corrected chi connectivity index (χ0v) is 12.2. The van der Waals surface area contributed by atoms with Crippen molar-refractivity contribution in [3.05, 3.63) is 29.9 Å². The van der Waals surface area contributed by atoms with E-state index in [4.69, 9.17) is 11.6 Å². The summed E-state index contributed by atoms with van der Waals surface area (Å²) in [5.41, 5.74) is 0.694. The number of piperidine rings is 1. The van der Waals surface area contributed by atoms with E-state index in [1.165, 1.54) is 6.08 Å². The zero-order valence-electron chi connectivity index (χ0n) is 11.5. The van der Waals surface area contributed by atoms with Gasteiger partial charge in [0.1, 0.15) is 0 Å². The molecule has 0 bridgehead atoms. The second-order valence-corrected chi connectivity index (χ2v) is 5.44. The van der Waals surface area contributed by atoms with Crippen molar-refractivity contribution in [1.82, 2.24) is 20.5 Å². The number of pyridine rings is 1. The van der Waals surface area contributed by atoms with Crippen molar-refractivity contribution in [2.45, 2.75) is 18.9 Å². The van der Waals surface area contributed by atoms with Gasteiger partial charge in [0.05, 0.1) is 10.4 Å². The number of rotatable bonds is 3. The lowest BCUT2D eigenvalue weighted by atomic mass is 10.0. The van der Waals surface area contributed by atoms with Crippen molar-refractivity contribution in [3.8, 4) is 0 Å². The highest BCUT2D eigenvalue weighted by Gasteiger charge is 2.23. The molecular weight excluding hydrogens is 290 g/mol. The van der Waals surface area contributed by atoms with Gasteiger partial charge < -0.3 is 10.2 Å². The molecule has 1 saturated heterocycles. The summed E-state index contributed by atoms with van der Waals surface area (Å²) in [7, 11) is 0. The Morgan fingerprint density at radius 1 is 1.52 bits per heavy atom. The first-order valence-corrected chi connectivity index (χ1v) is 7.23. The lowest BCUT2D eigenvalue weighted by Crippen LogP contribution is -2.44. The maximum atomic E-state index is 11.3. The molecular formula is C14H16ClN5O. The molecule has 1 fully saturated rings. The van der Waals surface area contributed by atoms with Gasteiger partial charge in [-0.25, -0.2) is 4.98 Å². The van der Waals surface area contributed by atoms with E-state index >= 15 is 0 Å². The Morgan fingerprint density at radius 2 is 2.29 bits per heavy atom. The largest absolute Gasteiger partial charge is 0.354 e. The Balaban J connectivity index is 1.74. The molecule has 1 aliphatic rings. The van der Waals surface area contributed by atoms with Gasteiger partial charge in [0, 0.05) is 25.3 Å². The summed E-state index contributed by atoms with van der Waals surface area (Å²) in [6.07, 6.45) is 4.69. The van der Waals surface area contributed by atoms with Crippen LogP contribution in [0.1, 0.15) is 12.8 Å². The molecule has 2 aromatic heterocycles. The number of amides is 1. The second-order valence-electron chi connectivity index (χ2n) is 5.04. The van der Waals surface area contributed by atoms with Crippen LogP contribution < -0.4 is 10.2 Å². The summed E-state index contributed by atoms with van der Waals surface area (Å²) in [5, 5.41) is 11.7. The Morgan fingerprint density at radius 3 is 3.00 bits per heavy atom. The summed E-state index contributed by atoms with van der Waals surface area (Å²) < 4.78 is 0. The molecule has 3 rings (SSSR count). The highest BCUT2D eigenvalue weighted by Crippen LogP contribution is 2.30. The maximum Gasteiger partial charge on any atom is 0.243 e. The summed E-state index contributed by atoms with van der Waals surface area (Å²) >= 11 is 6.24. The van der Waals surface area contributed by atoms with E-state index in [1.54, 1.807) is 12.3 Å². The number of halogens is 1. The first-order chi connectivity index (χ1) is 10.2. The smallest absolute Gasteiger partial charge is 0.243 e. The number of aromatic amines is 1. The standard InChI is InChI=1S/C14H16ClN5O/c1-2-11(21)17-9-4-7-20(8-5-9)14-12-10(15)3-6-16-13(12)18-19-14/h2-3,6,9H,1,4-5,7-8H2,(H,17,21)(H,16,18,19). The van der Waals surface area contributed by atoms with Crippen LogP contribution in [0, 0.1) is 0 Å². The SMILES string of the molecule is C=CC(=O)NC1CCN(c2n[nH]c3nccc(Cl)c23)CC1. The Bertz CT molecular complexity index is 675. The van der Waals surface area contributed by atoms with Crippen molar-refractivity contribution >= 4 is 34.4 Å². The number of hydrogen-bond donors (Lipinski definition) is 2. The fourth-order valence-corrected chi connectivity index (χ4v) is 2.85. The number of nitrogens with one attached hydrogen (secondary N) is 2. The van der Waals surface area contributed by atoms with Gasteiger partial charge in [-0.2, -0.15) is 5.10 Å². The number of anilines is 1. The summed E-state index contributed by atoms with van der Waals surface area (Å²) in [6, 6.07) is 1.95. The lowest BCUT2D eigenvalue weighted by molar-refractivity contribution is -0.117. The zero-order chi connectivity index (χ0) is 14.8. The van der Waals surface area contributed by atoms with Crippen molar-refractivity contribution in [2.24, 2.45) is 0 Å². The molecule has 21 heavy (non-hydrogen) atoms. The average Bonchev–Trinajstić information content (AvgIpc) is 2.93. The van der Waals surface area contributed by atoms with Crippen LogP contribution >= 0.6 is 11.6 Å². The van der Waals surface area contributed by atoms with Crippen LogP contribution in [0.15, 0.2) is 24.9 Å². The van der Waals surface area contributed by atoms with Crippen LogP contribution in [0.5, 0.6) is 0 Å². The minimum Gasteiger partial charge on any atom is -0.354 e. The number of carbonyl (C=O) groups excluding carboxylic acids is 1. The topological polar surface area (TPSA) is 73.9 Å². The molecule has 3 heterocycles. The van der Waals surface area contributed by atoms with Crippen LogP contribution in [0.25, 0.3) is 11.0 Å². The summed E-state index contributed by atoms with van der Waals surface area (Å²) in [6.45, 7) is 5.09. The number of aromatic nitrogens is 3. The minimum absolute atomic E-state index is 0.120. The number of nitrogens with zero attached hydrogens (tertiary/aromatic N) is 3. The number of hydrogen-bond acceptors (Lipinski definition) is 4. The molecule has 0 saturated carbocycles. The van der Waals surface area contributed by atoms with E-state index in [2.05, 4.69) is 32.0 Å². The van der Waals surface area contributed by atoms with Gasteiger partial charge in [-0.1, -0.05) is 18.2 Å². The molecule has 6 nitrogen and oxygen atoms in total. The van der Waals surface area contributed by atoms with Gasteiger partial charge in [-0.3, -0.25) is 9.89 Å². The van der Waals surface area contributed by atoms with Crippen LogP contribution in [0.2, 0.25) is 5.02 Å². The molecule has 0 spiro atoms. The maximum absolute atomic E-state index is 11.3. The van der Waals surface area contributed by atoms with Crippen LogP contribution in [-0.2, 0) is 4.79 Å². The van der Waals surface area contributed by atoms with Crippen LogP contribution in [0.3, 0.4) is 0 Å². The predicted molar refractivity (Wildman–Crippen MR) is 82.5 cm³/mol. The molecule has 0 aliphatic carbocycles. The van der Waals surface area contributed by atoms with E-state index in [1.807, 2.05) is 0 Å². The first-order valence-electron chi connectivity index (χ1n) is 6.85. The second kappa shape index (κ2) is 5.73. The number of fused-ring (bicyclic) bond motifs is 1. The van der Waals surface area contributed by atoms with Gasteiger partial charge in [0.25, 0.3) is 0 Å². The Labute approximate surface area is 127 Å².